The van der Waals surface area contributed by atoms with Crippen LogP contribution in [0, 0.1) is 0 Å². The highest BCUT2D eigenvalue weighted by atomic mass is 16.5. The summed E-state index contributed by atoms with van der Waals surface area (Å²) in [5, 5.41) is 5.31. The lowest BCUT2D eigenvalue weighted by Crippen LogP contribution is -2.17. The minimum atomic E-state index is -0.242. The summed E-state index contributed by atoms with van der Waals surface area (Å²) in [6.45, 7) is 0. The van der Waals surface area contributed by atoms with Gasteiger partial charge in [0.15, 0.2) is 0 Å². The van der Waals surface area contributed by atoms with E-state index in [1.54, 1.807) is 68.8 Å². The van der Waals surface area contributed by atoms with E-state index in [2.05, 4.69) is 10.6 Å². The van der Waals surface area contributed by atoms with E-state index in [9.17, 15) is 9.59 Å². The monoisotopic (exact) mass is 310 g/mol. The predicted octanol–water partition coefficient (Wildman–Crippen LogP) is 2.71. The average Bonchev–Trinajstić information content (AvgIpc) is 2.60. The lowest BCUT2D eigenvalue weighted by Gasteiger charge is -2.04. The number of benzene rings is 2. The first-order valence-corrected chi connectivity index (χ1v) is 7.07. The number of methoxy groups -OCH3 is 1. The summed E-state index contributed by atoms with van der Waals surface area (Å²) in [5.41, 5.74) is 2.07. The molecule has 2 rings (SSSR count). The van der Waals surface area contributed by atoms with Gasteiger partial charge in [-0.1, -0.05) is 18.2 Å². The Morgan fingerprint density at radius 2 is 1.83 bits per heavy atom. The Bertz CT molecular complexity index is 721. The third-order valence-corrected chi connectivity index (χ3v) is 3.16. The van der Waals surface area contributed by atoms with Crippen LogP contribution in [-0.2, 0) is 4.79 Å². The molecule has 0 spiro atoms. The molecule has 118 valence electrons. The first kappa shape index (κ1) is 16.3. The number of hydrogen-bond donors (Lipinski definition) is 2. The number of anilines is 1. The molecule has 0 bridgehead atoms. The van der Waals surface area contributed by atoms with Crippen molar-refractivity contribution in [3.05, 3.63) is 65.7 Å². The molecule has 0 saturated carbocycles. The number of carbonyl (C=O) groups is 2. The molecule has 0 aliphatic carbocycles. The third-order valence-electron chi connectivity index (χ3n) is 3.16. The van der Waals surface area contributed by atoms with Crippen molar-refractivity contribution in [2.45, 2.75) is 0 Å². The van der Waals surface area contributed by atoms with Crippen LogP contribution < -0.4 is 15.4 Å². The number of nitrogens with one attached hydrogen (secondary N) is 2. The molecule has 2 N–H and O–H groups in total. The van der Waals surface area contributed by atoms with Gasteiger partial charge in [-0.05, 0) is 35.9 Å². The van der Waals surface area contributed by atoms with E-state index in [0.717, 1.165) is 5.56 Å². The van der Waals surface area contributed by atoms with Gasteiger partial charge in [0.1, 0.15) is 5.75 Å². The van der Waals surface area contributed by atoms with Crippen molar-refractivity contribution >= 4 is 23.6 Å². The SMILES string of the molecule is CNC(=O)c1ccc(/C=C/C(=O)Nc2cccc(OC)c2)cc1. The highest BCUT2D eigenvalue weighted by molar-refractivity contribution is 6.02. The van der Waals surface area contributed by atoms with E-state index in [1.165, 1.54) is 6.08 Å². The summed E-state index contributed by atoms with van der Waals surface area (Å²) < 4.78 is 5.10. The minimum Gasteiger partial charge on any atom is -0.497 e. The standard InChI is InChI=1S/C18H18N2O3/c1-19-18(22)14-9-6-13(7-10-14)8-11-17(21)20-15-4-3-5-16(12-15)23-2/h3-12H,1-2H3,(H,19,22)(H,20,21)/b11-8+. The molecule has 2 aromatic rings. The molecule has 5 heteroatoms. The minimum absolute atomic E-state index is 0.142. The first-order valence-electron chi connectivity index (χ1n) is 7.07. The van der Waals surface area contributed by atoms with E-state index >= 15 is 0 Å². The van der Waals surface area contributed by atoms with E-state index in [1.807, 2.05) is 0 Å². The molecule has 0 atom stereocenters. The van der Waals surface area contributed by atoms with Crippen LogP contribution >= 0.6 is 0 Å². The van der Waals surface area contributed by atoms with Crippen LogP contribution in [0.5, 0.6) is 5.75 Å². The Kier molecular flexibility index (Phi) is 5.52. The van der Waals surface area contributed by atoms with E-state index in [0.29, 0.717) is 17.0 Å². The zero-order valence-electron chi connectivity index (χ0n) is 13.0. The lowest BCUT2D eigenvalue weighted by molar-refractivity contribution is -0.111. The summed E-state index contributed by atoms with van der Waals surface area (Å²) >= 11 is 0. The van der Waals surface area contributed by atoms with Gasteiger partial charge in [-0.25, -0.2) is 0 Å². The van der Waals surface area contributed by atoms with Crippen molar-refractivity contribution in [1.82, 2.24) is 5.32 Å². The molecule has 0 aliphatic heterocycles. The van der Waals surface area contributed by atoms with Crippen LogP contribution in [0.25, 0.3) is 6.08 Å². The molecule has 0 radical (unpaired) electrons. The second-order valence-corrected chi connectivity index (χ2v) is 4.76. The number of rotatable bonds is 5. The van der Waals surface area contributed by atoms with Crippen LogP contribution in [0.15, 0.2) is 54.6 Å². The molecule has 2 aromatic carbocycles. The fraction of sp³-hybridized carbons (Fsp3) is 0.111. The summed E-state index contributed by atoms with van der Waals surface area (Å²) in [4.78, 5) is 23.3. The molecule has 0 aromatic heterocycles. The van der Waals surface area contributed by atoms with Crippen LogP contribution in [-0.4, -0.2) is 26.0 Å². The molecular formula is C18H18N2O3. The molecule has 0 heterocycles. The second kappa shape index (κ2) is 7.79. The van der Waals surface area contributed by atoms with Crippen molar-refractivity contribution in [2.24, 2.45) is 0 Å². The molecular weight excluding hydrogens is 292 g/mol. The molecule has 2 amide bonds. The summed E-state index contributed by atoms with van der Waals surface area (Å²) in [5.74, 6) is 0.293. The van der Waals surface area contributed by atoms with Gasteiger partial charge in [0, 0.05) is 30.4 Å². The fourth-order valence-corrected chi connectivity index (χ4v) is 1.95. The highest BCUT2D eigenvalue weighted by Gasteiger charge is 2.02. The van der Waals surface area contributed by atoms with E-state index in [4.69, 9.17) is 4.74 Å². The molecule has 0 fully saturated rings. The second-order valence-electron chi connectivity index (χ2n) is 4.76. The molecule has 5 nitrogen and oxygen atoms in total. The van der Waals surface area contributed by atoms with Gasteiger partial charge in [0.05, 0.1) is 7.11 Å². The van der Waals surface area contributed by atoms with E-state index < -0.39 is 0 Å². The van der Waals surface area contributed by atoms with Crippen molar-refractivity contribution < 1.29 is 14.3 Å². The number of carbonyl (C=O) groups excluding carboxylic acids is 2. The Labute approximate surface area is 135 Å². The summed E-state index contributed by atoms with van der Waals surface area (Å²) in [7, 11) is 3.16. The smallest absolute Gasteiger partial charge is 0.251 e. The van der Waals surface area contributed by atoms with Gasteiger partial charge in [-0.15, -0.1) is 0 Å². The number of hydrogen-bond acceptors (Lipinski definition) is 3. The fourth-order valence-electron chi connectivity index (χ4n) is 1.95. The summed E-state index contributed by atoms with van der Waals surface area (Å²) in [6, 6.07) is 14.1. The zero-order chi connectivity index (χ0) is 16.7. The number of ether oxygens (including phenoxy) is 1. The van der Waals surface area contributed by atoms with Crippen molar-refractivity contribution in [3.8, 4) is 5.75 Å². The largest absolute Gasteiger partial charge is 0.497 e. The maximum Gasteiger partial charge on any atom is 0.251 e. The summed E-state index contributed by atoms with van der Waals surface area (Å²) in [6.07, 6.45) is 3.12. The normalized spacial score (nSPS) is 10.3. The molecule has 23 heavy (non-hydrogen) atoms. The number of amides is 2. The Morgan fingerprint density at radius 3 is 2.48 bits per heavy atom. The van der Waals surface area contributed by atoms with Gasteiger partial charge in [0.25, 0.3) is 5.91 Å². The topological polar surface area (TPSA) is 67.4 Å². The van der Waals surface area contributed by atoms with Crippen LogP contribution in [0.2, 0.25) is 0 Å². The van der Waals surface area contributed by atoms with Crippen LogP contribution in [0.4, 0.5) is 5.69 Å². The Morgan fingerprint density at radius 1 is 1.09 bits per heavy atom. The zero-order valence-corrected chi connectivity index (χ0v) is 13.0. The Hall–Kier alpha value is -3.08. The van der Waals surface area contributed by atoms with Crippen LogP contribution in [0.3, 0.4) is 0 Å². The van der Waals surface area contributed by atoms with Gasteiger partial charge >= 0.3 is 0 Å². The first-order chi connectivity index (χ1) is 11.1. The average molecular weight is 310 g/mol. The Balaban J connectivity index is 1.99. The van der Waals surface area contributed by atoms with Gasteiger partial charge in [0.2, 0.25) is 5.91 Å². The predicted molar refractivity (Wildman–Crippen MR) is 90.5 cm³/mol. The third kappa shape index (κ3) is 4.71. The molecule has 0 saturated heterocycles. The maximum atomic E-state index is 11.9. The molecule has 0 aliphatic rings. The van der Waals surface area contributed by atoms with Crippen molar-refractivity contribution in [2.75, 3.05) is 19.5 Å². The lowest BCUT2D eigenvalue weighted by atomic mass is 10.1. The quantitative estimate of drug-likeness (QED) is 0.834. The van der Waals surface area contributed by atoms with Gasteiger partial charge in [-0.2, -0.15) is 0 Å². The maximum absolute atomic E-state index is 11.9. The van der Waals surface area contributed by atoms with Gasteiger partial charge in [-0.3, -0.25) is 9.59 Å². The molecule has 0 unspecified atom stereocenters. The van der Waals surface area contributed by atoms with Crippen LogP contribution in [0.1, 0.15) is 15.9 Å². The van der Waals surface area contributed by atoms with Gasteiger partial charge < -0.3 is 15.4 Å². The van der Waals surface area contributed by atoms with Crippen molar-refractivity contribution in [3.63, 3.8) is 0 Å². The van der Waals surface area contributed by atoms with Crippen molar-refractivity contribution in [1.29, 1.82) is 0 Å². The highest BCUT2D eigenvalue weighted by Crippen LogP contribution is 2.16. The van der Waals surface area contributed by atoms with E-state index in [-0.39, 0.29) is 11.8 Å².